The van der Waals surface area contributed by atoms with E-state index in [1.165, 1.54) is 4.68 Å². The highest BCUT2D eigenvalue weighted by molar-refractivity contribution is 6.03. The Kier molecular flexibility index (Phi) is 5.21. The predicted molar refractivity (Wildman–Crippen MR) is 136 cm³/mol. The van der Waals surface area contributed by atoms with Crippen LogP contribution in [0.4, 0.5) is 10.2 Å². The van der Waals surface area contributed by atoms with Gasteiger partial charge < -0.3 is 10.0 Å². The molecule has 1 atom stereocenters. The van der Waals surface area contributed by atoms with Gasteiger partial charge in [0.05, 0.1) is 28.3 Å². The van der Waals surface area contributed by atoms with Gasteiger partial charge in [0.25, 0.3) is 0 Å². The van der Waals surface area contributed by atoms with E-state index >= 15 is 4.39 Å². The Morgan fingerprint density at radius 2 is 1.97 bits per heavy atom. The first kappa shape index (κ1) is 22.2. The average molecular weight is 485 g/mol. The summed E-state index contributed by atoms with van der Waals surface area (Å²) in [5.41, 5.74) is 4.74. The fourth-order valence-corrected chi connectivity index (χ4v) is 5.27. The Morgan fingerprint density at radius 3 is 2.75 bits per heavy atom. The van der Waals surface area contributed by atoms with Gasteiger partial charge in [-0.3, -0.25) is 4.79 Å². The van der Waals surface area contributed by atoms with Gasteiger partial charge in [-0.1, -0.05) is 30.3 Å². The summed E-state index contributed by atoms with van der Waals surface area (Å²) < 4.78 is 18.1. The van der Waals surface area contributed by atoms with E-state index in [1.807, 2.05) is 54.1 Å². The number of anilines is 1. The van der Waals surface area contributed by atoms with Crippen LogP contribution in [-0.2, 0) is 11.8 Å². The number of aryl methyl sites for hydroxylation is 2. The lowest BCUT2D eigenvalue weighted by atomic mass is 10.0. The number of pyridine rings is 1. The quantitative estimate of drug-likeness (QED) is 0.388. The fourth-order valence-electron chi connectivity index (χ4n) is 5.27. The number of carboxylic acid groups (broad SMARTS) is 1. The van der Waals surface area contributed by atoms with Crippen LogP contribution in [0.25, 0.3) is 38.8 Å². The monoisotopic (exact) mass is 484 g/mol. The molecule has 1 aliphatic rings. The molecule has 3 aromatic heterocycles. The first-order valence-corrected chi connectivity index (χ1v) is 11.9. The molecule has 1 saturated heterocycles. The molecular formula is C27H25FN6O2. The van der Waals surface area contributed by atoms with Gasteiger partial charge in [-0.2, -0.15) is 14.6 Å². The van der Waals surface area contributed by atoms with Crippen molar-refractivity contribution in [2.75, 3.05) is 18.0 Å². The van der Waals surface area contributed by atoms with Gasteiger partial charge in [-0.05, 0) is 43.0 Å². The van der Waals surface area contributed by atoms with E-state index in [9.17, 15) is 4.79 Å². The number of hydrogen-bond donors (Lipinski definition) is 1. The number of nitrogens with zero attached hydrogens (tertiary/aromatic N) is 6. The van der Waals surface area contributed by atoms with Gasteiger partial charge in [0.2, 0.25) is 5.95 Å². The third-order valence-electron chi connectivity index (χ3n) is 7.00. The summed E-state index contributed by atoms with van der Waals surface area (Å²) in [5, 5.41) is 19.7. The van der Waals surface area contributed by atoms with Crippen molar-refractivity contribution < 1.29 is 14.3 Å². The maximum atomic E-state index is 15.0. The third-order valence-corrected chi connectivity index (χ3v) is 7.00. The van der Waals surface area contributed by atoms with Gasteiger partial charge in [0.15, 0.2) is 0 Å². The maximum Gasteiger partial charge on any atom is 0.303 e. The molecule has 1 fully saturated rings. The highest BCUT2D eigenvalue weighted by Crippen LogP contribution is 2.36. The summed E-state index contributed by atoms with van der Waals surface area (Å²) in [6.45, 7) is 3.51. The second kappa shape index (κ2) is 8.44. The van der Waals surface area contributed by atoms with Crippen LogP contribution < -0.4 is 4.90 Å². The molecule has 9 heteroatoms. The summed E-state index contributed by atoms with van der Waals surface area (Å²) in [4.78, 5) is 17.9. The third kappa shape index (κ3) is 3.59. The molecule has 0 bridgehead atoms. The standard InChI is InChI=1S/C27H25FN6O2/c1-16-5-3-7-20-25(19-6-4-8-21-24(19)27(28)32(2)30-21)31-34(26(16)20)18-9-10-22(29-14-18)33-12-11-17(15-33)13-23(35)36/h3-10,14,17H,11-13,15H2,1-2H3,(H,35,36)/t17-/m0/s1. The Labute approximate surface area is 206 Å². The topological polar surface area (TPSA) is 89.1 Å². The van der Waals surface area contributed by atoms with Crippen LogP contribution >= 0.6 is 0 Å². The summed E-state index contributed by atoms with van der Waals surface area (Å²) in [6.07, 6.45) is 2.81. The zero-order chi connectivity index (χ0) is 25.0. The van der Waals surface area contributed by atoms with E-state index in [-0.39, 0.29) is 12.3 Å². The molecule has 8 nitrogen and oxygen atoms in total. The number of halogens is 1. The van der Waals surface area contributed by atoms with Gasteiger partial charge in [-0.15, -0.1) is 0 Å². The summed E-state index contributed by atoms with van der Waals surface area (Å²) in [7, 11) is 1.59. The maximum absolute atomic E-state index is 15.0. The van der Waals surface area contributed by atoms with Crippen molar-refractivity contribution in [3.8, 4) is 16.9 Å². The van der Waals surface area contributed by atoms with E-state index < -0.39 is 11.9 Å². The van der Waals surface area contributed by atoms with Gasteiger partial charge in [0, 0.05) is 37.5 Å². The zero-order valence-electron chi connectivity index (χ0n) is 20.0. The average Bonchev–Trinajstić information content (AvgIpc) is 3.56. The van der Waals surface area contributed by atoms with Crippen molar-refractivity contribution in [3.05, 3.63) is 66.2 Å². The smallest absolute Gasteiger partial charge is 0.303 e. The number of carbonyl (C=O) groups is 1. The normalized spacial score (nSPS) is 15.9. The highest BCUT2D eigenvalue weighted by atomic mass is 19.1. The van der Waals surface area contributed by atoms with E-state index in [1.54, 1.807) is 19.3 Å². The first-order chi connectivity index (χ1) is 17.4. The highest BCUT2D eigenvalue weighted by Gasteiger charge is 2.26. The van der Waals surface area contributed by atoms with Crippen LogP contribution in [0.5, 0.6) is 0 Å². The Morgan fingerprint density at radius 1 is 1.14 bits per heavy atom. The molecule has 0 saturated carbocycles. The minimum atomic E-state index is -0.760. The predicted octanol–water partition coefficient (Wildman–Crippen LogP) is 4.72. The number of rotatable bonds is 5. The van der Waals surface area contributed by atoms with Gasteiger partial charge in [0.1, 0.15) is 11.5 Å². The lowest BCUT2D eigenvalue weighted by Gasteiger charge is -2.17. The molecule has 36 heavy (non-hydrogen) atoms. The SMILES string of the molecule is Cc1cccc2c(-c3cccc4nn(C)c(F)c34)nn(-c3ccc(N4CC[C@@H](CC(=O)O)C4)nc3)c12. The lowest BCUT2D eigenvalue weighted by molar-refractivity contribution is -0.137. The number of aromatic nitrogens is 5. The van der Waals surface area contributed by atoms with Crippen LogP contribution in [0.1, 0.15) is 18.4 Å². The van der Waals surface area contributed by atoms with Crippen molar-refractivity contribution >= 4 is 33.6 Å². The first-order valence-electron chi connectivity index (χ1n) is 11.9. The molecule has 0 radical (unpaired) electrons. The Hall–Kier alpha value is -4.27. The number of para-hydroxylation sites is 1. The minimum absolute atomic E-state index is 0.139. The number of hydrogen-bond acceptors (Lipinski definition) is 5. The number of aliphatic carboxylic acids is 1. The molecule has 6 rings (SSSR count). The summed E-state index contributed by atoms with van der Waals surface area (Å²) >= 11 is 0. The molecule has 182 valence electrons. The molecule has 1 N–H and O–H groups in total. The lowest BCUT2D eigenvalue weighted by Crippen LogP contribution is -2.21. The van der Waals surface area contributed by atoms with Crippen LogP contribution in [0.15, 0.2) is 54.7 Å². The van der Waals surface area contributed by atoms with Crippen LogP contribution in [0.3, 0.4) is 0 Å². The van der Waals surface area contributed by atoms with E-state index in [4.69, 9.17) is 10.2 Å². The van der Waals surface area contributed by atoms with Crippen molar-refractivity contribution in [2.24, 2.45) is 13.0 Å². The number of fused-ring (bicyclic) bond motifs is 2. The number of benzene rings is 2. The minimum Gasteiger partial charge on any atom is -0.481 e. The number of carboxylic acids is 1. The zero-order valence-corrected chi connectivity index (χ0v) is 20.0. The molecule has 4 heterocycles. The molecule has 0 aliphatic carbocycles. The summed E-state index contributed by atoms with van der Waals surface area (Å²) in [5.74, 6) is -0.195. The molecule has 5 aromatic rings. The van der Waals surface area contributed by atoms with Crippen molar-refractivity contribution in [1.29, 1.82) is 0 Å². The molecule has 0 unspecified atom stereocenters. The van der Waals surface area contributed by atoms with Crippen LogP contribution in [-0.4, -0.2) is 48.7 Å². The van der Waals surface area contributed by atoms with E-state index in [0.717, 1.165) is 40.9 Å². The van der Waals surface area contributed by atoms with Crippen LogP contribution in [0, 0.1) is 18.8 Å². The summed E-state index contributed by atoms with van der Waals surface area (Å²) in [6, 6.07) is 15.5. The molecular weight excluding hydrogens is 459 g/mol. The second-order valence-electron chi connectivity index (χ2n) is 9.42. The van der Waals surface area contributed by atoms with E-state index in [2.05, 4.69) is 15.0 Å². The molecule has 1 aliphatic heterocycles. The van der Waals surface area contributed by atoms with Crippen molar-refractivity contribution in [1.82, 2.24) is 24.5 Å². The van der Waals surface area contributed by atoms with Gasteiger partial charge in [-0.25, -0.2) is 14.3 Å². The Bertz CT molecular complexity index is 1620. The fraction of sp³-hybridized carbons (Fsp3) is 0.259. The molecule has 0 amide bonds. The van der Waals surface area contributed by atoms with Crippen LogP contribution in [0.2, 0.25) is 0 Å². The molecule has 0 spiro atoms. The molecule has 2 aromatic carbocycles. The Balaban J connectivity index is 1.43. The largest absolute Gasteiger partial charge is 0.481 e. The second-order valence-corrected chi connectivity index (χ2v) is 9.42. The van der Waals surface area contributed by atoms with Gasteiger partial charge >= 0.3 is 5.97 Å². The van der Waals surface area contributed by atoms with Crippen molar-refractivity contribution in [3.63, 3.8) is 0 Å². The van der Waals surface area contributed by atoms with Crippen molar-refractivity contribution in [2.45, 2.75) is 19.8 Å². The van der Waals surface area contributed by atoms with E-state index in [0.29, 0.717) is 28.7 Å².